The molecule has 2 amide bonds. The Hall–Kier alpha value is -4.08. The summed E-state index contributed by atoms with van der Waals surface area (Å²) in [6, 6.07) is 29.2. The minimum Gasteiger partial charge on any atom is -0.466 e. The molecule has 7 unspecified atom stereocenters. The van der Waals surface area contributed by atoms with Crippen LogP contribution in [0, 0.1) is 17.8 Å². The van der Waals surface area contributed by atoms with E-state index in [1.807, 2.05) is 103 Å². The second-order valence-electron chi connectivity index (χ2n) is 16.4. The molecular formula is C48H50Cl4N2O6. The molecule has 8 nitrogen and oxygen atoms in total. The lowest BCUT2D eigenvalue weighted by atomic mass is 9.73. The predicted molar refractivity (Wildman–Crippen MR) is 235 cm³/mol. The highest BCUT2D eigenvalue weighted by atomic mass is 35.5. The second kappa shape index (κ2) is 19.3. The molecule has 2 aliphatic heterocycles. The van der Waals surface area contributed by atoms with Crippen molar-refractivity contribution in [3.05, 3.63) is 139 Å². The number of rotatable bonds is 14. The maximum Gasteiger partial charge on any atom is 0.348 e. The first kappa shape index (κ1) is 44.0. The van der Waals surface area contributed by atoms with Gasteiger partial charge in [-0.3, -0.25) is 14.4 Å². The van der Waals surface area contributed by atoms with Gasteiger partial charge in [-0.05, 0) is 115 Å². The van der Waals surface area contributed by atoms with E-state index in [2.05, 4.69) is 0 Å². The Kier molecular flexibility index (Phi) is 14.2. The van der Waals surface area contributed by atoms with Crippen molar-refractivity contribution in [2.45, 2.75) is 94.9 Å². The van der Waals surface area contributed by atoms with Gasteiger partial charge in [0.15, 0.2) is 0 Å². The highest BCUT2D eigenvalue weighted by Gasteiger charge is 2.52. The van der Waals surface area contributed by atoms with Crippen molar-refractivity contribution in [3.8, 4) is 0 Å². The average molecular weight is 893 g/mol. The molecule has 3 aliphatic rings. The number of hydrogen-bond acceptors (Lipinski definition) is 6. The van der Waals surface area contributed by atoms with Crippen LogP contribution in [-0.2, 0) is 28.7 Å². The van der Waals surface area contributed by atoms with E-state index >= 15 is 4.79 Å². The molecule has 2 heterocycles. The van der Waals surface area contributed by atoms with Crippen LogP contribution in [0.2, 0.25) is 20.1 Å². The predicted octanol–water partition coefficient (Wildman–Crippen LogP) is 11.4. The van der Waals surface area contributed by atoms with Gasteiger partial charge >= 0.3 is 11.9 Å². The first-order valence-electron chi connectivity index (χ1n) is 20.8. The van der Waals surface area contributed by atoms with E-state index in [0.29, 0.717) is 51.8 Å². The average Bonchev–Trinajstić information content (AvgIpc) is 4.07. The Morgan fingerprint density at radius 3 is 1.72 bits per heavy atom. The summed E-state index contributed by atoms with van der Waals surface area (Å²) in [6.45, 7) is 4.59. The first-order chi connectivity index (χ1) is 28.9. The fraction of sp³-hybridized carbons (Fsp3) is 0.417. The third-order valence-corrected chi connectivity index (χ3v) is 13.6. The summed E-state index contributed by atoms with van der Waals surface area (Å²) < 4.78 is 11.4. The van der Waals surface area contributed by atoms with Gasteiger partial charge in [0.1, 0.15) is 0 Å². The number of piperidine rings is 2. The molecule has 0 aromatic heterocycles. The Labute approximate surface area is 372 Å². The molecule has 0 bridgehead atoms. The van der Waals surface area contributed by atoms with Gasteiger partial charge in [-0.2, -0.15) is 0 Å². The molecule has 7 rings (SSSR count). The third-order valence-electron chi connectivity index (χ3n) is 12.6. The molecule has 60 heavy (non-hydrogen) atoms. The minimum atomic E-state index is -1.56. The zero-order valence-electron chi connectivity index (χ0n) is 33.9. The number of nitrogens with zero attached hydrogens (tertiary/aromatic N) is 2. The van der Waals surface area contributed by atoms with Crippen molar-refractivity contribution < 1.29 is 28.7 Å². The van der Waals surface area contributed by atoms with E-state index < -0.39 is 35.9 Å². The van der Waals surface area contributed by atoms with Crippen molar-refractivity contribution in [3.63, 3.8) is 0 Å². The van der Waals surface area contributed by atoms with E-state index in [1.54, 1.807) is 18.2 Å². The normalized spacial score (nSPS) is 23.7. The van der Waals surface area contributed by atoms with Crippen LogP contribution in [0.1, 0.15) is 105 Å². The molecule has 4 aromatic carbocycles. The van der Waals surface area contributed by atoms with E-state index in [4.69, 9.17) is 55.9 Å². The number of halogens is 4. The fourth-order valence-electron chi connectivity index (χ4n) is 9.48. The number of carbonyl (C=O) groups excluding carboxylic acids is 4. The van der Waals surface area contributed by atoms with Crippen LogP contribution in [0.4, 0.5) is 0 Å². The largest absolute Gasteiger partial charge is 0.466 e. The fourth-order valence-corrected chi connectivity index (χ4v) is 10.1. The van der Waals surface area contributed by atoms with Gasteiger partial charge in [-0.25, -0.2) is 4.79 Å². The van der Waals surface area contributed by atoms with Gasteiger partial charge in [0, 0.05) is 50.4 Å². The van der Waals surface area contributed by atoms with Crippen LogP contribution in [0.3, 0.4) is 0 Å². The molecule has 12 heteroatoms. The SMILES string of the molecule is CCC(CC)N1C(=O)C(C(OC(=O)CC2CC(c3cccc(Cl)c3)C(c3ccc(Cl)cc3)N(CC3CC3)C2=O)C(=O)OC)CC(c2cccc(Cl)c2)C1c1ccc(Cl)cc1. The van der Waals surface area contributed by atoms with Crippen LogP contribution < -0.4 is 0 Å². The highest BCUT2D eigenvalue weighted by molar-refractivity contribution is 6.31. The zero-order valence-corrected chi connectivity index (χ0v) is 37.0. The van der Waals surface area contributed by atoms with Crippen LogP contribution >= 0.6 is 46.4 Å². The van der Waals surface area contributed by atoms with Crippen molar-refractivity contribution in [2.24, 2.45) is 17.8 Å². The van der Waals surface area contributed by atoms with Crippen LogP contribution in [0.15, 0.2) is 97.1 Å². The van der Waals surface area contributed by atoms with Crippen molar-refractivity contribution in [2.75, 3.05) is 13.7 Å². The molecular weight excluding hydrogens is 842 g/mol. The third kappa shape index (κ3) is 9.68. The summed E-state index contributed by atoms with van der Waals surface area (Å²) in [4.78, 5) is 61.6. The highest BCUT2D eigenvalue weighted by Crippen LogP contribution is 2.50. The van der Waals surface area contributed by atoms with Gasteiger partial charge in [-0.15, -0.1) is 0 Å². The zero-order chi connectivity index (χ0) is 42.7. The Balaban J connectivity index is 1.22. The topological polar surface area (TPSA) is 93.2 Å². The summed E-state index contributed by atoms with van der Waals surface area (Å²) in [5, 5.41) is 2.26. The van der Waals surface area contributed by atoms with E-state index in [9.17, 15) is 14.4 Å². The Bertz CT molecular complexity index is 2180. The van der Waals surface area contributed by atoms with Crippen molar-refractivity contribution >= 4 is 70.2 Å². The van der Waals surface area contributed by atoms with E-state index in [0.717, 1.165) is 35.1 Å². The number of amides is 2. The Morgan fingerprint density at radius 1 is 0.683 bits per heavy atom. The first-order valence-corrected chi connectivity index (χ1v) is 22.3. The molecule has 316 valence electrons. The Morgan fingerprint density at radius 2 is 1.22 bits per heavy atom. The monoisotopic (exact) mass is 890 g/mol. The maximum absolute atomic E-state index is 15.0. The molecule has 0 radical (unpaired) electrons. The molecule has 1 aliphatic carbocycles. The number of methoxy groups -OCH3 is 1. The lowest BCUT2D eigenvalue weighted by Crippen LogP contribution is -2.56. The molecule has 3 fully saturated rings. The summed E-state index contributed by atoms with van der Waals surface area (Å²) in [5.74, 6) is -4.14. The van der Waals surface area contributed by atoms with Gasteiger partial charge in [0.25, 0.3) is 0 Å². The summed E-state index contributed by atoms with van der Waals surface area (Å²) in [7, 11) is 1.22. The number of carbonyl (C=O) groups is 4. The van der Waals surface area contributed by atoms with Crippen molar-refractivity contribution in [1.82, 2.24) is 9.80 Å². The van der Waals surface area contributed by atoms with Gasteiger partial charge in [0.05, 0.1) is 31.5 Å². The minimum absolute atomic E-state index is 0.160. The molecule has 0 N–H and O–H groups in total. The molecule has 0 spiro atoms. The van der Waals surface area contributed by atoms with Crippen LogP contribution in [0.25, 0.3) is 0 Å². The van der Waals surface area contributed by atoms with E-state index in [-0.39, 0.29) is 48.6 Å². The molecule has 4 aromatic rings. The van der Waals surface area contributed by atoms with Gasteiger partial charge in [-0.1, -0.05) is 109 Å². The number of likely N-dealkylation sites (tertiary alicyclic amines) is 2. The lowest BCUT2D eigenvalue weighted by molar-refractivity contribution is -0.178. The number of hydrogen-bond donors (Lipinski definition) is 0. The summed E-state index contributed by atoms with van der Waals surface area (Å²) >= 11 is 25.8. The second-order valence-corrected chi connectivity index (χ2v) is 18.1. The van der Waals surface area contributed by atoms with Gasteiger partial charge < -0.3 is 19.3 Å². The van der Waals surface area contributed by atoms with Crippen LogP contribution in [-0.4, -0.2) is 59.4 Å². The number of benzene rings is 4. The smallest absolute Gasteiger partial charge is 0.348 e. The van der Waals surface area contributed by atoms with E-state index in [1.165, 1.54) is 7.11 Å². The van der Waals surface area contributed by atoms with Crippen LogP contribution in [0.5, 0.6) is 0 Å². The molecule has 2 saturated heterocycles. The summed E-state index contributed by atoms with van der Waals surface area (Å²) in [5.41, 5.74) is 3.64. The summed E-state index contributed by atoms with van der Waals surface area (Å²) in [6.07, 6.45) is 1.97. The quantitative estimate of drug-likeness (QED) is 0.117. The molecule has 7 atom stereocenters. The number of esters is 2. The lowest BCUT2D eigenvalue weighted by Gasteiger charge is -2.49. The molecule has 1 saturated carbocycles. The number of ether oxygens (including phenoxy) is 2. The maximum atomic E-state index is 15.0. The van der Waals surface area contributed by atoms with Gasteiger partial charge in [0.2, 0.25) is 17.9 Å². The standard InChI is InChI=1S/C48H50Cl4N2O6/c1-4-38(5-2)54-44(30-16-20-35(50)21-17-30)40(32-9-7-11-37(52)23-32)26-41(47(54)57)45(48(58)59-3)60-42(55)25-33-24-39(31-8-6-10-36(51)22-31)43(29-14-18-34(49)19-15-29)53(46(33)56)27-28-12-13-28/h6-11,14-23,28,33,38-41,43-45H,4-5,12-13,24-27H2,1-3H3. The van der Waals surface area contributed by atoms with Crippen molar-refractivity contribution in [1.29, 1.82) is 0 Å².